The summed E-state index contributed by atoms with van der Waals surface area (Å²) >= 11 is 0. The van der Waals surface area contributed by atoms with Crippen LogP contribution in [0.25, 0.3) is 0 Å². The number of likely N-dealkylation sites (N-methyl/N-ethyl adjacent to an activating group) is 1. The minimum Gasteiger partial charge on any atom is -0.385 e. The lowest BCUT2D eigenvalue weighted by atomic mass is 9.63. The molecule has 24 heavy (non-hydrogen) atoms. The second-order valence-corrected chi connectivity index (χ2v) is 7.42. The molecule has 128 valence electrons. The molecule has 2 nitrogen and oxygen atoms in total. The van der Waals surface area contributed by atoms with E-state index < -0.39 is 5.60 Å². The van der Waals surface area contributed by atoms with Crippen molar-refractivity contribution in [2.75, 3.05) is 20.6 Å². The van der Waals surface area contributed by atoms with Gasteiger partial charge in [-0.05, 0) is 63.0 Å². The lowest BCUT2D eigenvalue weighted by molar-refractivity contribution is -0.0252. The standard InChI is InChI=1S/C21H26FNO/c1-23(2)16-20(17-8-10-19(22)11-9-17)12-14-21(24,15-13-20)18-6-4-3-5-7-18/h3-11,24H,12-16H2,1-2H3. The van der Waals surface area contributed by atoms with Gasteiger partial charge in [0, 0.05) is 12.0 Å². The van der Waals surface area contributed by atoms with Crippen molar-refractivity contribution in [2.45, 2.75) is 36.7 Å². The largest absolute Gasteiger partial charge is 0.385 e. The number of benzene rings is 2. The van der Waals surface area contributed by atoms with E-state index in [0.717, 1.165) is 37.8 Å². The molecule has 0 spiro atoms. The Morgan fingerprint density at radius 2 is 1.46 bits per heavy atom. The molecule has 0 radical (unpaired) electrons. The first-order valence-electron chi connectivity index (χ1n) is 8.62. The Kier molecular flexibility index (Phi) is 4.75. The van der Waals surface area contributed by atoms with E-state index in [2.05, 4.69) is 19.0 Å². The Morgan fingerprint density at radius 3 is 2.00 bits per heavy atom. The van der Waals surface area contributed by atoms with Crippen molar-refractivity contribution >= 4 is 0 Å². The number of hydrogen-bond donors (Lipinski definition) is 1. The van der Waals surface area contributed by atoms with Crippen LogP contribution < -0.4 is 0 Å². The molecule has 1 aliphatic rings. The van der Waals surface area contributed by atoms with Crippen molar-refractivity contribution in [3.8, 4) is 0 Å². The van der Waals surface area contributed by atoms with E-state index in [1.807, 2.05) is 42.5 Å². The molecule has 0 aromatic heterocycles. The van der Waals surface area contributed by atoms with E-state index in [9.17, 15) is 9.50 Å². The molecule has 0 heterocycles. The second kappa shape index (κ2) is 6.66. The van der Waals surface area contributed by atoms with E-state index in [4.69, 9.17) is 0 Å². The molecule has 2 aromatic carbocycles. The predicted molar refractivity (Wildman–Crippen MR) is 95.4 cm³/mol. The van der Waals surface area contributed by atoms with Crippen LogP contribution >= 0.6 is 0 Å². The molecule has 1 fully saturated rings. The van der Waals surface area contributed by atoms with Gasteiger partial charge in [-0.25, -0.2) is 4.39 Å². The van der Waals surface area contributed by atoms with Gasteiger partial charge in [0.1, 0.15) is 5.82 Å². The summed E-state index contributed by atoms with van der Waals surface area (Å²) < 4.78 is 13.3. The van der Waals surface area contributed by atoms with Gasteiger partial charge in [0.2, 0.25) is 0 Å². The minimum absolute atomic E-state index is 0.0296. The van der Waals surface area contributed by atoms with Gasteiger partial charge in [0.15, 0.2) is 0 Å². The fraction of sp³-hybridized carbons (Fsp3) is 0.429. The molecule has 0 unspecified atom stereocenters. The number of aliphatic hydroxyl groups is 1. The highest BCUT2D eigenvalue weighted by molar-refractivity contribution is 5.30. The molecule has 1 N–H and O–H groups in total. The zero-order valence-corrected chi connectivity index (χ0v) is 14.5. The molecule has 3 rings (SSSR count). The summed E-state index contributed by atoms with van der Waals surface area (Å²) in [5.74, 6) is -0.199. The average Bonchev–Trinajstić information content (AvgIpc) is 2.58. The summed E-state index contributed by atoms with van der Waals surface area (Å²) in [7, 11) is 4.15. The lowest BCUT2D eigenvalue weighted by Gasteiger charge is -2.46. The highest BCUT2D eigenvalue weighted by Gasteiger charge is 2.43. The van der Waals surface area contributed by atoms with E-state index in [1.54, 1.807) is 12.1 Å². The normalized spacial score (nSPS) is 27.4. The highest BCUT2D eigenvalue weighted by atomic mass is 19.1. The van der Waals surface area contributed by atoms with Gasteiger partial charge in [-0.3, -0.25) is 0 Å². The summed E-state index contributed by atoms with van der Waals surface area (Å²) in [5, 5.41) is 11.1. The van der Waals surface area contributed by atoms with Gasteiger partial charge in [-0.15, -0.1) is 0 Å². The maximum absolute atomic E-state index is 13.3. The molecule has 0 bridgehead atoms. The fourth-order valence-electron chi connectivity index (χ4n) is 4.13. The number of halogens is 1. The van der Waals surface area contributed by atoms with Crippen LogP contribution in [0.5, 0.6) is 0 Å². The molecule has 0 amide bonds. The Labute approximate surface area is 143 Å². The summed E-state index contributed by atoms with van der Waals surface area (Å²) in [6, 6.07) is 16.9. The monoisotopic (exact) mass is 327 g/mol. The molecular formula is C21H26FNO. The fourth-order valence-corrected chi connectivity index (χ4v) is 4.13. The second-order valence-electron chi connectivity index (χ2n) is 7.42. The summed E-state index contributed by atoms with van der Waals surface area (Å²) in [6.45, 7) is 0.906. The van der Waals surface area contributed by atoms with Gasteiger partial charge in [0.05, 0.1) is 5.60 Å². The first-order valence-corrected chi connectivity index (χ1v) is 8.62. The maximum atomic E-state index is 13.3. The molecule has 0 aliphatic heterocycles. The van der Waals surface area contributed by atoms with Crippen LogP contribution in [-0.4, -0.2) is 30.6 Å². The quantitative estimate of drug-likeness (QED) is 0.914. The van der Waals surface area contributed by atoms with Crippen LogP contribution in [-0.2, 0) is 11.0 Å². The molecule has 1 saturated carbocycles. The van der Waals surface area contributed by atoms with Crippen molar-refractivity contribution in [1.29, 1.82) is 0 Å². The van der Waals surface area contributed by atoms with Crippen LogP contribution in [0, 0.1) is 5.82 Å². The van der Waals surface area contributed by atoms with Crippen molar-refractivity contribution in [3.05, 3.63) is 71.5 Å². The van der Waals surface area contributed by atoms with Gasteiger partial charge >= 0.3 is 0 Å². The summed E-state index contributed by atoms with van der Waals surface area (Å²) in [5.41, 5.74) is 1.39. The third kappa shape index (κ3) is 3.38. The molecule has 0 atom stereocenters. The van der Waals surface area contributed by atoms with Crippen LogP contribution in [0.4, 0.5) is 4.39 Å². The average molecular weight is 327 g/mol. The van der Waals surface area contributed by atoms with Crippen LogP contribution in [0.2, 0.25) is 0 Å². The molecule has 2 aromatic rings. The Morgan fingerprint density at radius 1 is 0.875 bits per heavy atom. The van der Waals surface area contributed by atoms with Gasteiger partial charge in [-0.1, -0.05) is 42.5 Å². The Hall–Kier alpha value is -1.71. The van der Waals surface area contributed by atoms with Crippen LogP contribution in [0.3, 0.4) is 0 Å². The minimum atomic E-state index is -0.753. The molecule has 0 saturated heterocycles. The Balaban J connectivity index is 1.87. The van der Waals surface area contributed by atoms with Gasteiger partial charge in [-0.2, -0.15) is 0 Å². The van der Waals surface area contributed by atoms with Gasteiger partial charge in [0.25, 0.3) is 0 Å². The molecular weight excluding hydrogens is 301 g/mol. The summed E-state index contributed by atoms with van der Waals surface area (Å²) in [4.78, 5) is 2.19. The summed E-state index contributed by atoms with van der Waals surface area (Å²) in [6.07, 6.45) is 3.23. The SMILES string of the molecule is CN(C)CC1(c2ccc(F)cc2)CCC(O)(c2ccccc2)CC1. The topological polar surface area (TPSA) is 23.5 Å². The van der Waals surface area contributed by atoms with Crippen LogP contribution in [0.15, 0.2) is 54.6 Å². The van der Waals surface area contributed by atoms with Crippen molar-refractivity contribution < 1.29 is 9.50 Å². The third-order valence-corrected chi connectivity index (χ3v) is 5.42. The smallest absolute Gasteiger partial charge is 0.123 e. The predicted octanol–water partition coefficient (Wildman–Crippen LogP) is 4.09. The number of hydrogen-bond acceptors (Lipinski definition) is 2. The Bertz CT molecular complexity index is 658. The van der Waals surface area contributed by atoms with Gasteiger partial charge < -0.3 is 10.0 Å². The molecule has 1 aliphatic carbocycles. The van der Waals surface area contributed by atoms with E-state index >= 15 is 0 Å². The van der Waals surface area contributed by atoms with Crippen LogP contribution in [0.1, 0.15) is 36.8 Å². The van der Waals surface area contributed by atoms with E-state index in [1.165, 1.54) is 5.56 Å². The van der Waals surface area contributed by atoms with Crippen molar-refractivity contribution in [1.82, 2.24) is 4.90 Å². The third-order valence-electron chi connectivity index (χ3n) is 5.42. The van der Waals surface area contributed by atoms with E-state index in [-0.39, 0.29) is 11.2 Å². The lowest BCUT2D eigenvalue weighted by Crippen LogP contribution is -2.45. The zero-order chi connectivity index (χ0) is 17.2. The first kappa shape index (κ1) is 17.1. The van der Waals surface area contributed by atoms with E-state index in [0.29, 0.717) is 0 Å². The highest BCUT2D eigenvalue weighted by Crippen LogP contribution is 2.47. The number of rotatable bonds is 4. The zero-order valence-electron chi connectivity index (χ0n) is 14.5. The van der Waals surface area contributed by atoms with Crippen molar-refractivity contribution in [3.63, 3.8) is 0 Å². The number of nitrogens with zero attached hydrogens (tertiary/aromatic N) is 1. The molecule has 3 heteroatoms. The first-order chi connectivity index (χ1) is 11.4. The maximum Gasteiger partial charge on any atom is 0.123 e. The van der Waals surface area contributed by atoms with Crippen molar-refractivity contribution in [2.24, 2.45) is 0 Å².